The van der Waals surface area contributed by atoms with Crippen LogP contribution in [0.5, 0.6) is 5.75 Å². The molecular formula is C26H28N6OS. The largest absolute Gasteiger partial charge is 0.497 e. The van der Waals surface area contributed by atoms with Gasteiger partial charge in [0.25, 0.3) is 0 Å². The molecule has 174 valence electrons. The van der Waals surface area contributed by atoms with Crippen molar-refractivity contribution in [1.82, 2.24) is 19.4 Å². The molecule has 0 saturated carbocycles. The molecule has 1 aliphatic heterocycles. The highest BCUT2D eigenvalue weighted by Crippen LogP contribution is 2.37. The molecule has 3 aromatic heterocycles. The van der Waals surface area contributed by atoms with Crippen molar-refractivity contribution in [1.29, 1.82) is 5.26 Å². The summed E-state index contributed by atoms with van der Waals surface area (Å²) >= 11 is 1.58. The maximum absolute atomic E-state index is 9.12. The predicted molar refractivity (Wildman–Crippen MR) is 136 cm³/mol. The summed E-state index contributed by atoms with van der Waals surface area (Å²) in [6.07, 6.45) is 6.18. The number of anilines is 2. The molecule has 1 saturated heterocycles. The van der Waals surface area contributed by atoms with E-state index in [0.29, 0.717) is 17.4 Å². The fraction of sp³-hybridized carbons (Fsp3) is 0.346. The van der Waals surface area contributed by atoms with Crippen molar-refractivity contribution in [2.45, 2.75) is 45.3 Å². The fourth-order valence-corrected chi connectivity index (χ4v) is 5.49. The van der Waals surface area contributed by atoms with Crippen LogP contribution in [0.2, 0.25) is 0 Å². The molecule has 1 aliphatic rings. The van der Waals surface area contributed by atoms with Crippen LogP contribution >= 0.6 is 11.3 Å². The number of likely N-dealkylation sites (tertiary alicyclic amines) is 1. The van der Waals surface area contributed by atoms with Gasteiger partial charge in [-0.25, -0.2) is 9.97 Å². The van der Waals surface area contributed by atoms with E-state index in [1.165, 1.54) is 16.5 Å². The van der Waals surface area contributed by atoms with E-state index in [0.717, 1.165) is 42.5 Å². The summed E-state index contributed by atoms with van der Waals surface area (Å²) in [5.41, 5.74) is 4.23. The molecule has 7 nitrogen and oxygen atoms in total. The summed E-state index contributed by atoms with van der Waals surface area (Å²) < 4.78 is 7.86. The van der Waals surface area contributed by atoms with Crippen molar-refractivity contribution in [3.05, 3.63) is 64.9 Å². The zero-order valence-electron chi connectivity index (χ0n) is 19.7. The lowest BCUT2D eigenvalue weighted by atomic mass is 10.1. The van der Waals surface area contributed by atoms with E-state index in [1.807, 2.05) is 6.07 Å². The lowest BCUT2D eigenvalue weighted by Crippen LogP contribution is -2.23. The van der Waals surface area contributed by atoms with Gasteiger partial charge in [0, 0.05) is 41.3 Å². The molecule has 1 aromatic carbocycles. The smallest absolute Gasteiger partial charge is 0.188 e. The average molecular weight is 473 g/mol. The van der Waals surface area contributed by atoms with Crippen LogP contribution in [0.1, 0.15) is 55.6 Å². The Morgan fingerprint density at radius 2 is 2.18 bits per heavy atom. The highest BCUT2D eigenvalue weighted by molar-refractivity contribution is 7.13. The number of hydrogen-bond donors (Lipinski definition) is 1. The van der Waals surface area contributed by atoms with Gasteiger partial charge < -0.3 is 14.6 Å². The summed E-state index contributed by atoms with van der Waals surface area (Å²) in [6.45, 7) is 6.36. The van der Waals surface area contributed by atoms with Crippen LogP contribution in [0.25, 0.3) is 10.9 Å². The Hall–Kier alpha value is -3.41. The molecule has 0 amide bonds. The normalized spacial score (nSPS) is 16.3. The first-order valence-electron chi connectivity index (χ1n) is 11.6. The van der Waals surface area contributed by atoms with Gasteiger partial charge in [0.15, 0.2) is 5.13 Å². The van der Waals surface area contributed by atoms with Gasteiger partial charge in [-0.05, 0) is 69.1 Å². The second-order valence-corrected chi connectivity index (χ2v) is 9.77. The van der Waals surface area contributed by atoms with Crippen molar-refractivity contribution < 1.29 is 4.74 Å². The first-order valence-corrected chi connectivity index (χ1v) is 12.4. The second-order valence-electron chi connectivity index (χ2n) is 8.91. The Labute approximate surface area is 203 Å². The molecule has 0 aliphatic carbocycles. The highest BCUT2D eigenvalue weighted by Gasteiger charge is 2.29. The van der Waals surface area contributed by atoms with Crippen LogP contribution in [0.3, 0.4) is 0 Å². The van der Waals surface area contributed by atoms with Crippen LogP contribution in [-0.4, -0.2) is 33.1 Å². The first kappa shape index (κ1) is 22.4. The number of nitrogens with zero attached hydrogens (tertiary/aromatic N) is 5. The number of ether oxygens (including phenoxy) is 1. The Kier molecular flexibility index (Phi) is 6.22. The minimum Gasteiger partial charge on any atom is -0.497 e. The number of hydrogen-bond acceptors (Lipinski definition) is 7. The van der Waals surface area contributed by atoms with Crippen LogP contribution in [0.15, 0.2) is 48.1 Å². The second kappa shape index (κ2) is 9.45. The van der Waals surface area contributed by atoms with Crippen LogP contribution < -0.4 is 10.1 Å². The zero-order chi connectivity index (χ0) is 23.7. The molecule has 0 unspecified atom stereocenters. The van der Waals surface area contributed by atoms with E-state index in [2.05, 4.69) is 63.4 Å². The standard InChI is InChI=1S/C26H28N6OS/c1-17(2)32-15-19(21-12-20(33-3)6-7-23(21)32)14-31-10-4-5-24(31)22-16-34-26(29-22)30-25-11-18(13-27)8-9-28-25/h6-9,11-12,15-17,24H,4-5,10,14H2,1-3H3,(H,28,29,30)/t24-/m1/s1. The summed E-state index contributed by atoms with van der Waals surface area (Å²) in [5, 5.41) is 16.6. The van der Waals surface area contributed by atoms with Crippen molar-refractivity contribution in [3.63, 3.8) is 0 Å². The first-order chi connectivity index (χ1) is 16.6. The van der Waals surface area contributed by atoms with Crippen molar-refractivity contribution in [2.24, 2.45) is 0 Å². The van der Waals surface area contributed by atoms with Crippen molar-refractivity contribution in [3.8, 4) is 11.8 Å². The van der Waals surface area contributed by atoms with Gasteiger partial charge in [-0.2, -0.15) is 5.26 Å². The van der Waals surface area contributed by atoms with Crippen molar-refractivity contribution >= 4 is 33.2 Å². The van der Waals surface area contributed by atoms with Crippen LogP contribution in [-0.2, 0) is 6.54 Å². The predicted octanol–water partition coefficient (Wildman–Crippen LogP) is 6.03. The van der Waals surface area contributed by atoms with E-state index >= 15 is 0 Å². The molecule has 34 heavy (non-hydrogen) atoms. The molecule has 4 aromatic rings. The molecule has 0 bridgehead atoms. The number of thiazole rings is 1. The maximum atomic E-state index is 9.12. The van der Waals surface area contributed by atoms with E-state index in [4.69, 9.17) is 15.0 Å². The quantitative estimate of drug-likeness (QED) is 0.354. The topological polar surface area (TPSA) is 79.0 Å². The van der Waals surface area contributed by atoms with Crippen molar-refractivity contribution in [2.75, 3.05) is 19.0 Å². The zero-order valence-corrected chi connectivity index (χ0v) is 20.5. The number of fused-ring (bicyclic) bond motifs is 1. The number of pyridine rings is 1. The third-order valence-electron chi connectivity index (χ3n) is 6.40. The Bertz CT molecular complexity index is 1350. The van der Waals surface area contributed by atoms with Gasteiger partial charge in [0.05, 0.1) is 30.5 Å². The molecule has 0 spiro atoms. The Morgan fingerprint density at radius 1 is 1.29 bits per heavy atom. The number of aromatic nitrogens is 3. The Balaban J connectivity index is 1.38. The summed E-state index contributed by atoms with van der Waals surface area (Å²) in [7, 11) is 1.72. The van der Waals surface area contributed by atoms with Gasteiger partial charge in [-0.15, -0.1) is 11.3 Å². The van der Waals surface area contributed by atoms with Gasteiger partial charge in [-0.3, -0.25) is 4.90 Å². The summed E-state index contributed by atoms with van der Waals surface area (Å²) in [6, 6.07) is 12.6. The highest BCUT2D eigenvalue weighted by atomic mass is 32.1. The number of nitriles is 1. The lowest BCUT2D eigenvalue weighted by Gasteiger charge is -2.23. The molecule has 0 radical (unpaired) electrons. The molecule has 1 fully saturated rings. The molecule has 1 N–H and O–H groups in total. The minimum absolute atomic E-state index is 0.285. The van der Waals surface area contributed by atoms with E-state index in [1.54, 1.807) is 36.8 Å². The van der Waals surface area contributed by atoms with Crippen LogP contribution in [0, 0.1) is 11.3 Å². The minimum atomic E-state index is 0.285. The monoisotopic (exact) mass is 472 g/mol. The summed E-state index contributed by atoms with van der Waals surface area (Å²) in [5.74, 6) is 1.52. The molecule has 5 rings (SSSR count). The summed E-state index contributed by atoms with van der Waals surface area (Å²) in [4.78, 5) is 11.7. The van der Waals surface area contributed by atoms with E-state index in [9.17, 15) is 0 Å². The van der Waals surface area contributed by atoms with Gasteiger partial charge in [0.1, 0.15) is 11.6 Å². The fourth-order valence-electron chi connectivity index (χ4n) is 4.73. The van der Waals surface area contributed by atoms with Gasteiger partial charge in [-0.1, -0.05) is 0 Å². The molecule has 4 heterocycles. The average Bonchev–Trinajstić information content (AvgIpc) is 3.58. The number of rotatable bonds is 7. The number of benzene rings is 1. The lowest BCUT2D eigenvalue weighted by molar-refractivity contribution is 0.246. The third-order valence-corrected chi connectivity index (χ3v) is 7.18. The third kappa shape index (κ3) is 4.37. The maximum Gasteiger partial charge on any atom is 0.188 e. The van der Waals surface area contributed by atoms with Gasteiger partial charge >= 0.3 is 0 Å². The molecule has 8 heteroatoms. The van der Waals surface area contributed by atoms with E-state index < -0.39 is 0 Å². The number of methoxy groups -OCH3 is 1. The number of nitrogens with one attached hydrogen (secondary N) is 1. The Morgan fingerprint density at radius 3 is 2.97 bits per heavy atom. The van der Waals surface area contributed by atoms with Crippen LogP contribution in [0.4, 0.5) is 10.9 Å². The molecule has 1 atom stereocenters. The van der Waals surface area contributed by atoms with E-state index in [-0.39, 0.29) is 6.04 Å². The van der Waals surface area contributed by atoms with Gasteiger partial charge in [0.2, 0.25) is 0 Å². The SMILES string of the molecule is COc1ccc2c(c1)c(CN1CCC[C@@H]1c1csc(Nc3cc(C#N)ccn3)n1)cn2C(C)C. The molecular weight excluding hydrogens is 444 g/mol.